The van der Waals surface area contributed by atoms with Gasteiger partial charge in [0.2, 0.25) is 11.8 Å². The third kappa shape index (κ3) is 4.75. The van der Waals surface area contributed by atoms with E-state index in [0.717, 1.165) is 5.56 Å². The highest BCUT2D eigenvalue weighted by Crippen LogP contribution is 2.22. The van der Waals surface area contributed by atoms with Crippen LogP contribution in [0.25, 0.3) is 0 Å². The largest absolute Gasteiger partial charge is 0.352 e. The van der Waals surface area contributed by atoms with E-state index in [9.17, 15) is 9.59 Å². The summed E-state index contributed by atoms with van der Waals surface area (Å²) >= 11 is 1.29. The second-order valence-corrected chi connectivity index (χ2v) is 5.69. The van der Waals surface area contributed by atoms with Crippen molar-refractivity contribution in [2.45, 2.75) is 18.2 Å². The second-order valence-electron chi connectivity index (χ2n) is 4.50. The van der Waals surface area contributed by atoms with Gasteiger partial charge >= 0.3 is 0 Å². The molecule has 1 aromatic carbocycles. The summed E-state index contributed by atoms with van der Waals surface area (Å²) in [4.78, 5) is 27.8. The molecule has 0 aliphatic carbocycles. The molecule has 1 aliphatic heterocycles. The molecule has 1 aliphatic rings. The zero-order valence-corrected chi connectivity index (χ0v) is 12.4. The Morgan fingerprint density at radius 1 is 1.43 bits per heavy atom. The third-order valence-corrected chi connectivity index (χ3v) is 3.96. The first kappa shape index (κ1) is 15.3. The van der Waals surface area contributed by atoms with Crippen molar-refractivity contribution < 1.29 is 9.59 Å². The highest BCUT2D eigenvalue weighted by atomic mass is 32.2. The zero-order chi connectivity index (χ0) is 15.1. The van der Waals surface area contributed by atoms with Crippen molar-refractivity contribution in [3.8, 4) is 0 Å². The van der Waals surface area contributed by atoms with Gasteiger partial charge in [0.05, 0.1) is 6.54 Å². The lowest BCUT2D eigenvalue weighted by atomic mass is 10.2. The Morgan fingerprint density at radius 2 is 2.19 bits per heavy atom. The number of thioether (sulfide) groups is 1. The van der Waals surface area contributed by atoms with Gasteiger partial charge < -0.3 is 10.6 Å². The lowest BCUT2D eigenvalue weighted by molar-refractivity contribution is -0.125. The van der Waals surface area contributed by atoms with Gasteiger partial charge in [-0.1, -0.05) is 48.2 Å². The molecule has 0 radical (unpaired) electrons. The molecule has 0 spiro atoms. The molecule has 1 saturated heterocycles. The number of rotatable bonds is 6. The summed E-state index contributed by atoms with van der Waals surface area (Å²) < 4.78 is 0. The normalized spacial score (nSPS) is 19.3. The summed E-state index contributed by atoms with van der Waals surface area (Å²) in [6.45, 7) is 4.49. The molecule has 0 bridgehead atoms. The fourth-order valence-electron chi connectivity index (χ4n) is 1.80. The number of benzene rings is 1. The minimum atomic E-state index is -0.413. The number of nitrogens with one attached hydrogen (secondary N) is 2. The summed E-state index contributed by atoms with van der Waals surface area (Å²) in [6.07, 6.45) is 1.80. The SMILES string of the molecule is C=CCN=C1NC(=O)[C@@H](CC(=O)NCc2ccccc2)S1. The minimum Gasteiger partial charge on any atom is -0.352 e. The van der Waals surface area contributed by atoms with Crippen LogP contribution in [0.3, 0.4) is 0 Å². The number of nitrogens with zero attached hydrogens (tertiary/aromatic N) is 1. The number of amidine groups is 1. The van der Waals surface area contributed by atoms with Crippen molar-refractivity contribution in [1.29, 1.82) is 0 Å². The summed E-state index contributed by atoms with van der Waals surface area (Å²) in [5.41, 5.74) is 1.03. The van der Waals surface area contributed by atoms with Gasteiger partial charge in [0, 0.05) is 13.0 Å². The van der Waals surface area contributed by atoms with Crippen LogP contribution >= 0.6 is 11.8 Å². The van der Waals surface area contributed by atoms with Crippen molar-refractivity contribution in [3.63, 3.8) is 0 Å². The van der Waals surface area contributed by atoms with Gasteiger partial charge in [-0.2, -0.15) is 0 Å². The molecule has 0 unspecified atom stereocenters. The van der Waals surface area contributed by atoms with Crippen molar-refractivity contribution in [2.24, 2.45) is 4.99 Å². The Kier molecular flexibility index (Phi) is 5.57. The zero-order valence-electron chi connectivity index (χ0n) is 11.5. The molecule has 1 fully saturated rings. The van der Waals surface area contributed by atoms with Crippen molar-refractivity contribution >= 4 is 28.7 Å². The highest BCUT2D eigenvalue weighted by Gasteiger charge is 2.31. The first-order valence-electron chi connectivity index (χ1n) is 6.62. The molecule has 0 saturated carbocycles. The first-order chi connectivity index (χ1) is 10.2. The van der Waals surface area contributed by atoms with Crippen LogP contribution in [0.4, 0.5) is 0 Å². The summed E-state index contributed by atoms with van der Waals surface area (Å²) in [5.74, 6) is -0.311. The van der Waals surface area contributed by atoms with Gasteiger partial charge in [0.25, 0.3) is 0 Å². The molecule has 2 rings (SSSR count). The highest BCUT2D eigenvalue weighted by molar-refractivity contribution is 8.15. The summed E-state index contributed by atoms with van der Waals surface area (Å²) in [5, 5.41) is 5.62. The van der Waals surface area contributed by atoms with Crippen LogP contribution in [0.5, 0.6) is 0 Å². The third-order valence-electron chi connectivity index (χ3n) is 2.84. The maximum atomic E-state index is 11.9. The predicted molar refractivity (Wildman–Crippen MR) is 84.9 cm³/mol. The average molecular weight is 303 g/mol. The Morgan fingerprint density at radius 3 is 2.90 bits per heavy atom. The van der Waals surface area contributed by atoms with E-state index in [1.54, 1.807) is 6.08 Å². The Labute approximate surface area is 127 Å². The molecule has 110 valence electrons. The van der Waals surface area contributed by atoms with E-state index in [2.05, 4.69) is 22.2 Å². The number of hydrogen-bond donors (Lipinski definition) is 2. The number of carbonyl (C=O) groups is 2. The maximum Gasteiger partial charge on any atom is 0.240 e. The molecule has 0 aromatic heterocycles. The number of carbonyl (C=O) groups excluding carboxylic acids is 2. The Bertz CT molecular complexity index is 557. The van der Waals surface area contributed by atoms with Gasteiger partial charge in [-0.05, 0) is 5.56 Å². The standard InChI is InChI=1S/C15H17N3O2S/c1-2-8-16-15-18-14(20)12(21-15)9-13(19)17-10-11-6-4-3-5-7-11/h2-7,12H,1,8-10H2,(H,17,19)(H,16,18,20)/t12-/m1/s1. The summed E-state index contributed by atoms with van der Waals surface area (Å²) in [6, 6.07) is 9.65. The van der Waals surface area contributed by atoms with Crippen LogP contribution in [-0.2, 0) is 16.1 Å². The number of hydrogen-bond acceptors (Lipinski definition) is 4. The van der Waals surface area contributed by atoms with Crippen LogP contribution < -0.4 is 10.6 Å². The van der Waals surface area contributed by atoms with Crippen LogP contribution in [0.1, 0.15) is 12.0 Å². The second kappa shape index (κ2) is 7.64. The van der Waals surface area contributed by atoms with E-state index < -0.39 is 5.25 Å². The molecule has 2 N–H and O–H groups in total. The topological polar surface area (TPSA) is 70.6 Å². The van der Waals surface area contributed by atoms with E-state index in [-0.39, 0.29) is 18.2 Å². The predicted octanol–water partition coefficient (Wildman–Crippen LogP) is 1.47. The van der Waals surface area contributed by atoms with E-state index in [0.29, 0.717) is 18.3 Å². The fraction of sp³-hybridized carbons (Fsp3) is 0.267. The molecule has 1 heterocycles. The molecule has 1 aromatic rings. The van der Waals surface area contributed by atoms with Crippen LogP contribution in [0.15, 0.2) is 48.0 Å². The minimum absolute atomic E-state index is 0.142. The lowest BCUT2D eigenvalue weighted by Gasteiger charge is -2.07. The molecule has 1 atom stereocenters. The molecule has 6 heteroatoms. The van der Waals surface area contributed by atoms with Crippen LogP contribution in [0.2, 0.25) is 0 Å². The van der Waals surface area contributed by atoms with Gasteiger partial charge in [0.1, 0.15) is 5.25 Å². The molecular formula is C15H17N3O2S. The first-order valence-corrected chi connectivity index (χ1v) is 7.50. The molecule has 2 amide bonds. The van der Waals surface area contributed by atoms with Crippen molar-refractivity contribution in [3.05, 3.63) is 48.6 Å². The Balaban J connectivity index is 1.80. The average Bonchev–Trinajstić information content (AvgIpc) is 2.84. The maximum absolute atomic E-state index is 11.9. The van der Waals surface area contributed by atoms with Crippen molar-refractivity contribution in [1.82, 2.24) is 10.6 Å². The Hall–Kier alpha value is -2.08. The van der Waals surface area contributed by atoms with Gasteiger partial charge in [-0.25, -0.2) is 0 Å². The monoisotopic (exact) mass is 303 g/mol. The smallest absolute Gasteiger partial charge is 0.240 e. The van der Waals surface area contributed by atoms with E-state index in [1.165, 1.54) is 11.8 Å². The lowest BCUT2D eigenvalue weighted by Crippen LogP contribution is -2.31. The fourth-order valence-corrected chi connectivity index (χ4v) is 2.78. The van der Waals surface area contributed by atoms with Gasteiger partial charge in [0.15, 0.2) is 5.17 Å². The number of aliphatic imine (C=N–C) groups is 1. The van der Waals surface area contributed by atoms with Crippen LogP contribution in [-0.4, -0.2) is 28.8 Å². The van der Waals surface area contributed by atoms with Crippen LogP contribution in [0, 0.1) is 0 Å². The van der Waals surface area contributed by atoms with Gasteiger partial charge in [-0.15, -0.1) is 6.58 Å². The van der Waals surface area contributed by atoms with E-state index in [1.807, 2.05) is 30.3 Å². The molecular weight excluding hydrogens is 286 g/mol. The number of amides is 2. The molecule has 5 nitrogen and oxygen atoms in total. The van der Waals surface area contributed by atoms with Gasteiger partial charge in [-0.3, -0.25) is 14.6 Å². The molecule has 21 heavy (non-hydrogen) atoms. The van der Waals surface area contributed by atoms with E-state index >= 15 is 0 Å². The van der Waals surface area contributed by atoms with E-state index in [4.69, 9.17) is 0 Å². The summed E-state index contributed by atoms with van der Waals surface area (Å²) in [7, 11) is 0. The quantitative estimate of drug-likeness (QED) is 0.782. The van der Waals surface area contributed by atoms with Crippen molar-refractivity contribution in [2.75, 3.05) is 6.54 Å².